The van der Waals surface area contributed by atoms with E-state index >= 15 is 0 Å². The molecule has 0 N–H and O–H groups in total. The summed E-state index contributed by atoms with van der Waals surface area (Å²) >= 11 is 1.46. The van der Waals surface area contributed by atoms with Crippen LogP contribution >= 0.6 is 11.8 Å². The molecule has 0 spiro atoms. The molecule has 0 saturated carbocycles. The van der Waals surface area contributed by atoms with Gasteiger partial charge in [0.2, 0.25) is 5.95 Å². The topological polar surface area (TPSA) is 12.9 Å². The molecule has 10 heavy (non-hydrogen) atoms. The maximum Gasteiger partial charge on any atom is 0.226 e. The summed E-state index contributed by atoms with van der Waals surface area (Å²) < 4.78 is 12.6. The first-order chi connectivity index (χ1) is 4.84. The Labute approximate surface area is 63.7 Å². The van der Waals surface area contributed by atoms with Gasteiger partial charge < -0.3 is 0 Å². The highest BCUT2D eigenvalue weighted by Crippen LogP contribution is 2.18. The Kier molecular flexibility index (Phi) is 2.68. The Hall–Kier alpha value is -0.570. The third-order valence-corrected chi connectivity index (χ3v) is 1.93. The average molecular weight is 157 g/mol. The van der Waals surface area contributed by atoms with Crippen molar-refractivity contribution in [2.45, 2.75) is 11.8 Å². The highest BCUT2D eigenvalue weighted by Gasteiger charge is 1.98. The molecule has 1 aromatic rings. The maximum atomic E-state index is 12.6. The van der Waals surface area contributed by atoms with Crippen molar-refractivity contribution in [3.05, 3.63) is 24.3 Å². The fraction of sp³-hybridized carbons (Fsp3) is 0.286. The lowest BCUT2D eigenvalue weighted by molar-refractivity contribution is 0.557. The molecule has 0 unspecified atom stereocenters. The van der Waals surface area contributed by atoms with Crippen molar-refractivity contribution < 1.29 is 4.39 Å². The number of rotatable bonds is 2. The summed E-state index contributed by atoms with van der Waals surface area (Å²) in [6.45, 7) is 1.98. The summed E-state index contributed by atoms with van der Waals surface area (Å²) in [6, 6.07) is 3.47. The van der Waals surface area contributed by atoms with E-state index in [-0.39, 0.29) is 5.95 Å². The van der Waals surface area contributed by atoms with Crippen LogP contribution in [0.25, 0.3) is 0 Å². The fourth-order valence-electron chi connectivity index (χ4n) is 0.634. The second-order valence-corrected chi connectivity index (χ2v) is 3.03. The van der Waals surface area contributed by atoms with Gasteiger partial charge in [0.05, 0.1) is 4.90 Å². The number of aromatic nitrogens is 1. The molecule has 0 fully saturated rings. The van der Waals surface area contributed by atoms with E-state index in [1.54, 1.807) is 12.1 Å². The molecule has 0 amide bonds. The zero-order valence-corrected chi connectivity index (χ0v) is 6.49. The van der Waals surface area contributed by atoms with Crippen molar-refractivity contribution in [3.63, 3.8) is 0 Å². The molecule has 3 heteroatoms. The monoisotopic (exact) mass is 157 g/mol. The molecule has 0 aromatic carbocycles. The molecular formula is C7H8FNS. The molecule has 0 aliphatic carbocycles. The third kappa shape index (κ3) is 1.70. The first-order valence-electron chi connectivity index (χ1n) is 3.08. The van der Waals surface area contributed by atoms with Gasteiger partial charge in [0.1, 0.15) is 0 Å². The van der Waals surface area contributed by atoms with Gasteiger partial charge in [-0.05, 0) is 17.9 Å². The number of pyridine rings is 1. The van der Waals surface area contributed by atoms with Crippen LogP contribution < -0.4 is 0 Å². The molecule has 54 valence electrons. The van der Waals surface area contributed by atoms with E-state index in [1.165, 1.54) is 18.0 Å². The third-order valence-electron chi connectivity index (χ3n) is 1.02. The van der Waals surface area contributed by atoms with Gasteiger partial charge in [0, 0.05) is 6.20 Å². The molecule has 1 aromatic heterocycles. The van der Waals surface area contributed by atoms with Gasteiger partial charge >= 0.3 is 0 Å². The van der Waals surface area contributed by atoms with Crippen molar-refractivity contribution in [1.29, 1.82) is 0 Å². The number of hydrogen-bond acceptors (Lipinski definition) is 2. The van der Waals surface area contributed by atoms with E-state index in [9.17, 15) is 4.39 Å². The van der Waals surface area contributed by atoms with Crippen LogP contribution in [0.5, 0.6) is 0 Å². The van der Waals surface area contributed by atoms with E-state index in [4.69, 9.17) is 0 Å². The number of halogens is 1. The van der Waals surface area contributed by atoms with Gasteiger partial charge in [0.15, 0.2) is 0 Å². The second-order valence-electron chi connectivity index (χ2n) is 1.73. The van der Waals surface area contributed by atoms with Crippen molar-refractivity contribution >= 4 is 11.8 Å². The molecule has 1 rings (SSSR count). The number of thioether (sulfide) groups is 1. The van der Waals surface area contributed by atoms with E-state index < -0.39 is 0 Å². The summed E-state index contributed by atoms with van der Waals surface area (Å²) in [4.78, 5) is 4.14. The lowest BCUT2D eigenvalue weighted by Crippen LogP contribution is -1.84. The summed E-state index contributed by atoms with van der Waals surface area (Å²) in [5.41, 5.74) is 0. The molecule has 1 heterocycles. The lowest BCUT2D eigenvalue weighted by atomic mass is 10.5. The van der Waals surface area contributed by atoms with Gasteiger partial charge in [-0.3, -0.25) is 0 Å². The quantitative estimate of drug-likeness (QED) is 0.482. The Bertz CT molecular complexity index is 215. The highest BCUT2D eigenvalue weighted by molar-refractivity contribution is 7.99. The first kappa shape index (κ1) is 7.54. The van der Waals surface area contributed by atoms with Gasteiger partial charge in [-0.1, -0.05) is 6.92 Å². The highest BCUT2D eigenvalue weighted by atomic mass is 32.2. The van der Waals surface area contributed by atoms with Crippen LogP contribution in [0.1, 0.15) is 6.92 Å². The van der Waals surface area contributed by atoms with Crippen molar-refractivity contribution in [2.24, 2.45) is 0 Å². The van der Waals surface area contributed by atoms with Gasteiger partial charge in [0.25, 0.3) is 0 Å². The van der Waals surface area contributed by atoms with Crippen molar-refractivity contribution in [3.8, 4) is 0 Å². The summed E-state index contributed by atoms with van der Waals surface area (Å²) in [5.74, 6) is 0.511. The van der Waals surface area contributed by atoms with Crippen molar-refractivity contribution in [1.82, 2.24) is 4.98 Å². The van der Waals surface area contributed by atoms with Crippen LogP contribution in [0.2, 0.25) is 0 Å². The summed E-state index contributed by atoms with van der Waals surface area (Å²) in [5, 5.41) is 0. The molecule has 1 nitrogen and oxygen atoms in total. The van der Waals surface area contributed by atoms with Crippen LogP contribution in [0.4, 0.5) is 4.39 Å². The SMILES string of the molecule is CCSc1cccnc1F. The van der Waals surface area contributed by atoms with Crippen LogP contribution in [0, 0.1) is 5.95 Å². The number of hydrogen-bond donors (Lipinski definition) is 0. The summed E-state index contributed by atoms with van der Waals surface area (Å²) in [7, 11) is 0. The van der Waals surface area contributed by atoms with Crippen LogP contribution in [0.3, 0.4) is 0 Å². The predicted molar refractivity (Wildman–Crippen MR) is 40.6 cm³/mol. The fourth-order valence-corrected chi connectivity index (χ4v) is 1.29. The minimum atomic E-state index is -0.366. The van der Waals surface area contributed by atoms with Crippen LogP contribution in [-0.2, 0) is 0 Å². The first-order valence-corrected chi connectivity index (χ1v) is 4.06. The molecule has 0 bridgehead atoms. The summed E-state index contributed by atoms with van der Waals surface area (Å²) in [6.07, 6.45) is 1.45. The predicted octanol–water partition coefficient (Wildman–Crippen LogP) is 2.33. The van der Waals surface area contributed by atoms with E-state index in [2.05, 4.69) is 4.98 Å². The normalized spacial score (nSPS) is 9.80. The molecule has 0 aliphatic heterocycles. The van der Waals surface area contributed by atoms with Crippen LogP contribution in [0.15, 0.2) is 23.2 Å². The van der Waals surface area contributed by atoms with Gasteiger partial charge in [-0.25, -0.2) is 4.98 Å². The van der Waals surface area contributed by atoms with E-state index in [0.29, 0.717) is 4.90 Å². The Morgan fingerprint density at radius 2 is 2.50 bits per heavy atom. The average Bonchev–Trinajstić information content (AvgIpc) is 1.94. The van der Waals surface area contributed by atoms with Gasteiger partial charge in [-0.2, -0.15) is 4.39 Å². The second kappa shape index (κ2) is 3.56. The number of nitrogens with zero attached hydrogens (tertiary/aromatic N) is 1. The molecular weight excluding hydrogens is 149 g/mol. The Morgan fingerprint density at radius 3 is 3.10 bits per heavy atom. The Balaban J connectivity index is 2.81. The smallest absolute Gasteiger partial charge is 0.226 e. The zero-order chi connectivity index (χ0) is 7.40. The molecule has 0 atom stereocenters. The molecule has 0 aliphatic rings. The van der Waals surface area contributed by atoms with Gasteiger partial charge in [-0.15, -0.1) is 11.8 Å². The Morgan fingerprint density at radius 1 is 1.70 bits per heavy atom. The standard InChI is InChI=1S/C7H8FNS/c1-2-10-6-4-3-5-9-7(6)8/h3-5H,2H2,1H3. The minimum Gasteiger partial charge on any atom is -0.227 e. The maximum absolute atomic E-state index is 12.6. The van der Waals surface area contributed by atoms with Crippen LogP contribution in [-0.4, -0.2) is 10.7 Å². The van der Waals surface area contributed by atoms with Crippen molar-refractivity contribution in [2.75, 3.05) is 5.75 Å². The van der Waals surface area contributed by atoms with E-state index in [1.807, 2.05) is 6.92 Å². The minimum absolute atomic E-state index is 0.366. The molecule has 0 radical (unpaired) electrons. The zero-order valence-electron chi connectivity index (χ0n) is 5.67. The van der Waals surface area contributed by atoms with E-state index in [0.717, 1.165) is 5.75 Å². The molecule has 0 saturated heterocycles. The largest absolute Gasteiger partial charge is 0.227 e. The lowest BCUT2D eigenvalue weighted by Gasteiger charge is -1.96.